The number of carboxylic acids is 1. The number of carboxylic acid groups (broad SMARTS) is 1. The highest BCUT2D eigenvalue weighted by Crippen LogP contribution is 2.00. The highest BCUT2D eigenvalue weighted by molar-refractivity contribution is 5.85. The van der Waals surface area contributed by atoms with E-state index in [9.17, 15) is 4.79 Å². The molecule has 68 valence electrons. The molecule has 1 rings (SSSR count). The van der Waals surface area contributed by atoms with Gasteiger partial charge in [0.25, 0.3) is 0 Å². The Kier molecular flexibility index (Phi) is 3.06. The van der Waals surface area contributed by atoms with Crippen molar-refractivity contribution in [1.29, 1.82) is 0 Å². The van der Waals surface area contributed by atoms with Crippen LogP contribution in [0.3, 0.4) is 0 Å². The van der Waals surface area contributed by atoms with Gasteiger partial charge in [-0.3, -0.25) is 5.10 Å². The fourth-order valence-electron chi connectivity index (χ4n) is 0.765. The predicted molar refractivity (Wildman–Crippen MR) is 44.0 cm³/mol. The zero-order valence-electron chi connectivity index (χ0n) is 6.78. The molecule has 2 N–H and O–H groups in total. The summed E-state index contributed by atoms with van der Waals surface area (Å²) >= 11 is 0. The molecule has 0 radical (unpaired) electrons. The van der Waals surface area contributed by atoms with Crippen LogP contribution in [-0.4, -0.2) is 27.9 Å². The van der Waals surface area contributed by atoms with Gasteiger partial charge in [-0.1, -0.05) is 5.92 Å². The molecule has 1 heterocycles. The van der Waals surface area contributed by atoms with E-state index in [0.29, 0.717) is 5.69 Å². The zero-order valence-corrected chi connectivity index (χ0v) is 6.78. The maximum absolute atomic E-state index is 10.4. The lowest BCUT2D eigenvalue weighted by Gasteiger charge is -1.94. The van der Waals surface area contributed by atoms with Crippen LogP contribution in [0.5, 0.6) is 0 Å². The van der Waals surface area contributed by atoms with Gasteiger partial charge < -0.3 is 9.84 Å². The minimum absolute atomic E-state index is 0.0284. The number of carbonyl (C=O) groups is 1. The van der Waals surface area contributed by atoms with Crippen molar-refractivity contribution in [3.8, 4) is 12.3 Å². The molecule has 0 unspecified atom stereocenters. The number of aromatic carboxylic acids is 1. The summed E-state index contributed by atoms with van der Waals surface area (Å²) in [6.45, 7) is 0.436. The van der Waals surface area contributed by atoms with Crippen molar-refractivity contribution in [2.24, 2.45) is 0 Å². The van der Waals surface area contributed by atoms with E-state index in [0.717, 1.165) is 0 Å². The first-order valence-electron chi connectivity index (χ1n) is 3.53. The van der Waals surface area contributed by atoms with E-state index in [1.54, 1.807) is 0 Å². The van der Waals surface area contributed by atoms with Crippen LogP contribution in [0.4, 0.5) is 0 Å². The highest BCUT2D eigenvalue weighted by atomic mass is 16.5. The van der Waals surface area contributed by atoms with Gasteiger partial charge in [0.2, 0.25) is 0 Å². The van der Waals surface area contributed by atoms with Crippen molar-refractivity contribution in [3.05, 3.63) is 17.5 Å². The molecule has 0 amide bonds. The number of rotatable bonds is 4. The van der Waals surface area contributed by atoms with Crippen LogP contribution in [0.2, 0.25) is 0 Å². The van der Waals surface area contributed by atoms with Crippen molar-refractivity contribution in [2.45, 2.75) is 6.61 Å². The number of aromatic nitrogens is 2. The third kappa shape index (κ3) is 2.61. The van der Waals surface area contributed by atoms with Gasteiger partial charge in [0.1, 0.15) is 6.61 Å². The van der Waals surface area contributed by atoms with Crippen LogP contribution in [0, 0.1) is 12.3 Å². The molecule has 5 nitrogen and oxygen atoms in total. The number of nitrogens with zero attached hydrogens (tertiary/aromatic N) is 1. The second-order valence-electron chi connectivity index (χ2n) is 2.28. The van der Waals surface area contributed by atoms with Gasteiger partial charge >= 0.3 is 5.97 Å². The van der Waals surface area contributed by atoms with E-state index >= 15 is 0 Å². The Morgan fingerprint density at radius 3 is 3.15 bits per heavy atom. The molecule has 0 atom stereocenters. The van der Waals surface area contributed by atoms with Crippen molar-refractivity contribution < 1.29 is 14.6 Å². The summed E-state index contributed by atoms with van der Waals surface area (Å²) in [5.41, 5.74) is 0.562. The van der Waals surface area contributed by atoms with E-state index in [-0.39, 0.29) is 18.9 Å². The Morgan fingerprint density at radius 2 is 2.62 bits per heavy atom. The first-order valence-corrected chi connectivity index (χ1v) is 3.53. The van der Waals surface area contributed by atoms with Crippen molar-refractivity contribution in [2.75, 3.05) is 6.61 Å². The van der Waals surface area contributed by atoms with Gasteiger partial charge in [-0.05, 0) is 6.07 Å². The first-order chi connectivity index (χ1) is 6.24. The minimum Gasteiger partial charge on any atom is -0.476 e. The summed E-state index contributed by atoms with van der Waals surface area (Å²) in [6.07, 6.45) is 4.95. The van der Waals surface area contributed by atoms with Crippen molar-refractivity contribution in [1.82, 2.24) is 10.2 Å². The van der Waals surface area contributed by atoms with E-state index in [1.165, 1.54) is 6.07 Å². The molecular weight excluding hydrogens is 172 g/mol. The number of terminal acetylenes is 1. The van der Waals surface area contributed by atoms with Crippen LogP contribution >= 0.6 is 0 Å². The second-order valence-corrected chi connectivity index (χ2v) is 2.28. The molecule has 0 aliphatic heterocycles. The molecule has 13 heavy (non-hydrogen) atoms. The molecule has 0 spiro atoms. The van der Waals surface area contributed by atoms with Crippen LogP contribution in [-0.2, 0) is 11.3 Å². The summed E-state index contributed by atoms with van der Waals surface area (Å²) in [5, 5.41) is 14.6. The number of aromatic amines is 1. The molecule has 5 heteroatoms. The topological polar surface area (TPSA) is 75.2 Å². The maximum atomic E-state index is 10.4. The molecule has 0 bridgehead atoms. The third-order valence-corrected chi connectivity index (χ3v) is 1.29. The monoisotopic (exact) mass is 180 g/mol. The van der Waals surface area contributed by atoms with Crippen LogP contribution < -0.4 is 0 Å². The van der Waals surface area contributed by atoms with Gasteiger partial charge in [-0.15, -0.1) is 6.42 Å². The summed E-state index contributed by atoms with van der Waals surface area (Å²) < 4.78 is 4.96. The zero-order chi connectivity index (χ0) is 9.68. The number of nitrogens with one attached hydrogen (secondary N) is 1. The Balaban J connectivity index is 2.50. The van der Waals surface area contributed by atoms with E-state index < -0.39 is 5.97 Å². The smallest absolute Gasteiger partial charge is 0.356 e. The SMILES string of the molecule is C#CCOCc1cc(C(=O)O)n[nH]1. The minimum atomic E-state index is -1.07. The highest BCUT2D eigenvalue weighted by Gasteiger charge is 2.07. The Bertz CT molecular complexity index is 337. The number of hydrogen-bond donors (Lipinski definition) is 2. The normalized spacial score (nSPS) is 9.46. The lowest BCUT2D eigenvalue weighted by atomic mass is 10.4. The number of H-pyrrole nitrogens is 1. The van der Waals surface area contributed by atoms with E-state index in [1.807, 2.05) is 0 Å². The van der Waals surface area contributed by atoms with Gasteiger partial charge in [-0.2, -0.15) is 5.10 Å². The summed E-state index contributed by atoms with van der Waals surface area (Å²) in [5.74, 6) is 1.22. The quantitative estimate of drug-likeness (QED) is 0.514. The number of hydrogen-bond acceptors (Lipinski definition) is 3. The molecule has 0 aromatic carbocycles. The van der Waals surface area contributed by atoms with Crippen molar-refractivity contribution >= 4 is 5.97 Å². The Morgan fingerprint density at radius 1 is 1.85 bits per heavy atom. The summed E-state index contributed by atoms with van der Waals surface area (Å²) in [7, 11) is 0. The van der Waals surface area contributed by atoms with Gasteiger partial charge in [-0.25, -0.2) is 4.79 Å². The van der Waals surface area contributed by atoms with Crippen LogP contribution in [0.1, 0.15) is 16.2 Å². The molecule has 0 saturated heterocycles. The van der Waals surface area contributed by atoms with Crippen LogP contribution in [0.15, 0.2) is 6.07 Å². The average Bonchev–Trinajstić information content (AvgIpc) is 2.53. The molecule has 0 aliphatic carbocycles. The molecule has 0 saturated carbocycles. The molecular formula is C8H8N2O3. The molecule has 1 aromatic heterocycles. The lowest BCUT2D eigenvalue weighted by Crippen LogP contribution is -1.95. The Labute approximate surface area is 74.7 Å². The molecule has 0 fully saturated rings. The lowest BCUT2D eigenvalue weighted by molar-refractivity contribution is 0.0690. The van der Waals surface area contributed by atoms with Gasteiger partial charge in [0.15, 0.2) is 5.69 Å². The molecule has 1 aromatic rings. The van der Waals surface area contributed by atoms with Gasteiger partial charge in [0, 0.05) is 0 Å². The number of ether oxygens (including phenoxy) is 1. The predicted octanol–water partition coefficient (Wildman–Crippen LogP) is 0.258. The van der Waals surface area contributed by atoms with Crippen molar-refractivity contribution in [3.63, 3.8) is 0 Å². The Hall–Kier alpha value is -1.80. The first kappa shape index (κ1) is 9.29. The fourth-order valence-corrected chi connectivity index (χ4v) is 0.765. The van der Waals surface area contributed by atoms with Crippen LogP contribution in [0.25, 0.3) is 0 Å². The van der Waals surface area contributed by atoms with E-state index in [4.69, 9.17) is 16.3 Å². The summed E-state index contributed by atoms with van der Waals surface area (Å²) in [6, 6.07) is 1.40. The second kappa shape index (κ2) is 4.28. The third-order valence-electron chi connectivity index (χ3n) is 1.29. The standard InChI is InChI=1S/C8H8N2O3/c1-2-3-13-5-6-4-7(8(11)12)10-9-6/h1,4H,3,5H2,(H,9,10)(H,11,12). The fraction of sp³-hybridized carbons (Fsp3) is 0.250. The van der Waals surface area contributed by atoms with E-state index in [2.05, 4.69) is 16.1 Å². The largest absolute Gasteiger partial charge is 0.476 e. The average molecular weight is 180 g/mol. The van der Waals surface area contributed by atoms with Gasteiger partial charge in [0.05, 0.1) is 12.3 Å². The maximum Gasteiger partial charge on any atom is 0.356 e. The molecule has 0 aliphatic rings. The summed E-state index contributed by atoms with van der Waals surface area (Å²) in [4.78, 5) is 10.4.